The molecule has 4 N–H and O–H groups in total. The Hall–Kier alpha value is -3.18. The molecule has 2 heterocycles. The number of fused-ring (bicyclic) bond motifs is 1. The van der Waals surface area contributed by atoms with Crippen LogP contribution in [0.5, 0.6) is 5.75 Å². The molecule has 172 valence electrons. The molecule has 0 saturated heterocycles. The van der Waals surface area contributed by atoms with E-state index in [4.69, 9.17) is 14.9 Å². The number of hydrogen-bond acceptors (Lipinski definition) is 7. The Bertz CT molecular complexity index is 1130. The number of halogens is 3. The van der Waals surface area contributed by atoms with E-state index in [9.17, 15) is 23.1 Å². The molecule has 1 atom stereocenters. The van der Waals surface area contributed by atoms with Crippen LogP contribution in [0.2, 0.25) is 0 Å². The summed E-state index contributed by atoms with van der Waals surface area (Å²) in [6, 6.07) is 4.59. The summed E-state index contributed by atoms with van der Waals surface area (Å²) in [5.41, 5.74) is 4.86. The zero-order chi connectivity index (χ0) is 23.6. The van der Waals surface area contributed by atoms with Crippen molar-refractivity contribution in [1.29, 1.82) is 0 Å². The predicted octanol–water partition coefficient (Wildman–Crippen LogP) is 3.12. The van der Waals surface area contributed by atoms with Crippen molar-refractivity contribution in [3.8, 4) is 17.2 Å². The molecule has 3 aromatic rings. The minimum absolute atomic E-state index is 0.00472. The Balaban J connectivity index is 2.10. The number of pyridine rings is 1. The molecule has 0 unspecified atom stereocenters. The van der Waals surface area contributed by atoms with Crippen LogP contribution in [-0.4, -0.2) is 40.7 Å². The highest BCUT2D eigenvalue weighted by Crippen LogP contribution is 2.36. The first-order valence-electron chi connectivity index (χ1n) is 9.77. The number of nitrogens with one attached hydrogen (secondary N) is 1. The molecule has 3 rings (SSSR count). The largest absolute Gasteiger partial charge is 0.494 e. The fraction of sp³-hybridized carbons (Fsp3) is 0.381. The summed E-state index contributed by atoms with van der Waals surface area (Å²) in [4.78, 5) is 20.7. The van der Waals surface area contributed by atoms with E-state index in [0.717, 1.165) is 6.07 Å². The number of carbonyl (C=O) groups excluding carboxylic acids is 1. The van der Waals surface area contributed by atoms with E-state index in [-0.39, 0.29) is 47.7 Å². The number of alkyl halides is 3. The maximum Gasteiger partial charge on any atom is 0.433 e. The Morgan fingerprint density at radius 2 is 1.97 bits per heavy atom. The average molecular weight is 452 g/mol. The molecule has 0 saturated carbocycles. The lowest BCUT2D eigenvalue weighted by molar-refractivity contribution is -0.140. The standard InChI is InChI=1S/C21H23F3N4O4/c1-10(2)13(9-29)26-19(30)18-15(8-25)32-20(28-18)12-4-6-14(31-3)17-11(12)5-7-16(27-17)21(22,23)24/h4-7,10,13,29H,8-9,25H2,1-3H3,(H,26,30)/t13-/m1/s1. The molecular weight excluding hydrogens is 429 g/mol. The molecule has 0 spiro atoms. The zero-order valence-corrected chi connectivity index (χ0v) is 17.7. The number of amides is 1. The van der Waals surface area contributed by atoms with E-state index >= 15 is 0 Å². The number of aliphatic hydroxyl groups is 1. The van der Waals surface area contributed by atoms with Gasteiger partial charge in [0.15, 0.2) is 11.5 Å². The smallest absolute Gasteiger partial charge is 0.433 e. The number of methoxy groups -OCH3 is 1. The van der Waals surface area contributed by atoms with Gasteiger partial charge in [-0.2, -0.15) is 13.2 Å². The summed E-state index contributed by atoms with van der Waals surface area (Å²) in [5, 5.41) is 12.4. The molecule has 0 aliphatic carbocycles. The minimum Gasteiger partial charge on any atom is -0.494 e. The van der Waals surface area contributed by atoms with Crippen molar-refractivity contribution in [3.05, 3.63) is 41.4 Å². The first kappa shape index (κ1) is 23.5. The number of hydrogen-bond donors (Lipinski definition) is 3. The van der Waals surface area contributed by atoms with Gasteiger partial charge in [0.05, 0.1) is 26.3 Å². The normalized spacial score (nSPS) is 12.9. The number of nitrogens with two attached hydrogens (primary N) is 1. The van der Waals surface area contributed by atoms with Crippen molar-refractivity contribution >= 4 is 16.8 Å². The third kappa shape index (κ3) is 4.53. The number of nitrogens with zero attached hydrogens (tertiary/aromatic N) is 2. The van der Waals surface area contributed by atoms with Gasteiger partial charge in [-0.05, 0) is 30.2 Å². The number of oxazole rings is 1. The second-order valence-electron chi connectivity index (χ2n) is 7.41. The highest BCUT2D eigenvalue weighted by Gasteiger charge is 2.33. The quantitative estimate of drug-likeness (QED) is 0.503. The number of aliphatic hydroxyl groups excluding tert-OH is 1. The molecule has 1 aromatic carbocycles. The van der Waals surface area contributed by atoms with Gasteiger partial charge in [-0.15, -0.1) is 0 Å². The Morgan fingerprint density at radius 1 is 1.25 bits per heavy atom. The SMILES string of the molecule is COc1ccc(-c2nc(C(=O)N[C@H](CO)C(C)C)c(CN)o2)c2ccc(C(F)(F)F)nc12. The fourth-order valence-electron chi connectivity index (χ4n) is 3.14. The van der Waals surface area contributed by atoms with E-state index < -0.39 is 23.8 Å². The molecule has 32 heavy (non-hydrogen) atoms. The monoisotopic (exact) mass is 452 g/mol. The van der Waals surface area contributed by atoms with E-state index in [2.05, 4.69) is 15.3 Å². The van der Waals surface area contributed by atoms with Crippen LogP contribution in [0.1, 0.15) is 35.8 Å². The third-order valence-electron chi connectivity index (χ3n) is 4.98. The highest BCUT2D eigenvalue weighted by atomic mass is 19.4. The van der Waals surface area contributed by atoms with E-state index in [0.29, 0.717) is 10.9 Å². The van der Waals surface area contributed by atoms with Crippen molar-refractivity contribution in [3.63, 3.8) is 0 Å². The summed E-state index contributed by atoms with van der Waals surface area (Å²) < 4.78 is 50.3. The lowest BCUT2D eigenvalue weighted by atomic mass is 10.1. The minimum atomic E-state index is -4.63. The lowest BCUT2D eigenvalue weighted by Gasteiger charge is -2.19. The van der Waals surface area contributed by atoms with Gasteiger partial charge in [0, 0.05) is 10.9 Å². The maximum atomic E-state index is 13.1. The zero-order valence-electron chi connectivity index (χ0n) is 17.7. The molecule has 1 amide bonds. The molecule has 8 nitrogen and oxygen atoms in total. The number of carbonyl (C=O) groups is 1. The van der Waals surface area contributed by atoms with Gasteiger partial charge in [0.25, 0.3) is 5.91 Å². The molecule has 0 radical (unpaired) electrons. The molecule has 0 bridgehead atoms. The van der Waals surface area contributed by atoms with Crippen LogP contribution < -0.4 is 15.8 Å². The Morgan fingerprint density at radius 3 is 2.53 bits per heavy atom. The Kier molecular flexibility index (Phi) is 6.70. The summed E-state index contributed by atoms with van der Waals surface area (Å²) in [5.74, 6) is -0.377. The van der Waals surface area contributed by atoms with Gasteiger partial charge >= 0.3 is 6.18 Å². The van der Waals surface area contributed by atoms with Gasteiger partial charge in [-0.3, -0.25) is 4.79 Å². The number of aromatic nitrogens is 2. The van der Waals surface area contributed by atoms with Gasteiger partial charge < -0.3 is 25.3 Å². The van der Waals surface area contributed by atoms with E-state index in [1.165, 1.54) is 19.2 Å². The van der Waals surface area contributed by atoms with Crippen LogP contribution >= 0.6 is 0 Å². The van der Waals surface area contributed by atoms with Crippen molar-refractivity contribution in [2.24, 2.45) is 11.7 Å². The van der Waals surface area contributed by atoms with Crippen molar-refractivity contribution < 1.29 is 32.2 Å². The molecule has 11 heteroatoms. The van der Waals surface area contributed by atoms with Crippen LogP contribution in [0.4, 0.5) is 13.2 Å². The van der Waals surface area contributed by atoms with Gasteiger partial charge in [-0.25, -0.2) is 9.97 Å². The predicted molar refractivity (Wildman–Crippen MR) is 110 cm³/mol. The summed E-state index contributed by atoms with van der Waals surface area (Å²) in [6.45, 7) is 3.28. The molecule has 0 aliphatic heterocycles. The van der Waals surface area contributed by atoms with Crippen molar-refractivity contribution in [2.45, 2.75) is 32.6 Å². The highest BCUT2D eigenvalue weighted by molar-refractivity contribution is 5.98. The molecular formula is C21H23F3N4O4. The van der Waals surface area contributed by atoms with E-state index in [1.54, 1.807) is 6.07 Å². The lowest BCUT2D eigenvalue weighted by Crippen LogP contribution is -2.41. The van der Waals surface area contributed by atoms with Gasteiger partial charge in [0.2, 0.25) is 5.89 Å². The summed E-state index contributed by atoms with van der Waals surface area (Å²) >= 11 is 0. The van der Waals surface area contributed by atoms with Gasteiger partial charge in [0.1, 0.15) is 17.0 Å². The van der Waals surface area contributed by atoms with Gasteiger partial charge in [-0.1, -0.05) is 13.8 Å². The van der Waals surface area contributed by atoms with Crippen LogP contribution in [0.25, 0.3) is 22.4 Å². The van der Waals surface area contributed by atoms with Crippen LogP contribution in [0.3, 0.4) is 0 Å². The topological polar surface area (TPSA) is 124 Å². The second-order valence-corrected chi connectivity index (χ2v) is 7.41. The number of benzene rings is 1. The molecule has 2 aromatic heterocycles. The van der Waals surface area contributed by atoms with Crippen LogP contribution in [0, 0.1) is 5.92 Å². The molecule has 0 aliphatic rings. The van der Waals surface area contributed by atoms with E-state index in [1.807, 2.05) is 13.8 Å². The summed E-state index contributed by atoms with van der Waals surface area (Å²) in [7, 11) is 1.32. The number of rotatable bonds is 7. The third-order valence-corrected chi connectivity index (χ3v) is 4.98. The first-order valence-corrected chi connectivity index (χ1v) is 9.77. The first-order chi connectivity index (χ1) is 15.1. The van der Waals surface area contributed by atoms with Crippen molar-refractivity contribution in [1.82, 2.24) is 15.3 Å². The molecule has 0 fully saturated rings. The van der Waals surface area contributed by atoms with Crippen molar-refractivity contribution in [2.75, 3.05) is 13.7 Å². The Labute approximate surface area is 181 Å². The van der Waals surface area contributed by atoms with Crippen LogP contribution in [-0.2, 0) is 12.7 Å². The maximum absolute atomic E-state index is 13.1. The average Bonchev–Trinajstić information content (AvgIpc) is 3.19. The summed E-state index contributed by atoms with van der Waals surface area (Å²) in [6.07, 6.45) is -4.63. The fourth-order valence-corrected chi connectivity index (χ4v) is 3.14. The second kappa shape index (κ2) is 9.13. The number of ether oxygens (including phenoxy) is 1. The van der Waals surface area contributed by atoms with Crippen LogP contribution in [0.15, 0.2) is 28.7 Å².